The van der Waals surface area contributed by atoms with Gasteiger partial charge in [0, 0.05) is 11.1 Å². The minimum Gasteiger partial charge on any atom is -0.322 e. The van der Waals surface area contributed by atoms with Gasteiger partial charge in [0.25, 0.3) is 0 Å². The molecule has 6 nitrogen and oxygen atoms in total. The van der Waals surface area contributed by atoms with Crippen LogP contribution < -0.4 is 10.6 Å². The van der Waals surface area contributed by atoms with Gasteiger partial charge in [-0.25, -0.2) is 17.9 Å². The van der Waals surface area contributed by atoms with Crippen molar-refractivity contribution in [3.05, 3.63) is 65.5 Å². The monoisotopic (exact) mass is 400 g/mol. The Morgan fingerprint density at radius 1 is 1.14 bits per heavy atom. The van der Waals surface area contributed by atoms with E-state index in [1.54, 1.807) is 6.92 Å². The van der Waals surface area contributed by atoms with Gasteiger partial charge in [-0.2, -0.15) is 5.10 Å². The SMILES string of the molecule is Cc1c(-c2ccccc2)nn2c1NC(=O)CC2C(=O)Nc1ccc(F)c(F)c1F. The summed E-state index contributed by atoms with van der Waals surface area (Å²) in [6, 6.07) is 9.75. The molecule has 1 aliphatic heterocycles. The summed E-state index contributed by atoms with van der Waals surface area (Å²) in [6.07, 6.45) is -0.237. The van der Waals surface area contributed by atoms with Crippen LogP contribution in [0.2, 0.25) is 0 Å². The third kappa shape index (κ3) is 3.24. The zero-order chi connectivity index (χ0) is 20.7. The molecule has 2 N–H and O–H groups in total. The molecule has 2 heterocycles. The van der Waals surface area contributed by atoms with Crippen LogP contribution >= 0.6 is 0 Å². The van der Waals surface area contributed by atoms with Crippen molar-refractivity contribution in [2.75, 3.05) is 10.6 Å². The predicted octanol–water partition coefficient (Wildman–Crippen LogP) is 3.80. The van der Waals surface area contributed by atoms with Gasteiger partial charge in [-0.3, -0.25) is 9.59 Å². The number of carbonyl (C=O) groups excluding carboxylic acids is 2. The zero-order valence-electron chi connectivity index (χ0n) is 15.2. The number of halogens is 3. The van der Waals surface area contributed by atoms with Gasteiger partial charge >= 0.3 is 0 Å². The molecular formula is C20H15F3N4O2. The number of anilines is 2. The lowest BCUT2D eigenvalue weighted by atomic mass is 10.1. The predicted molar refractivity (Wildman–Crippen MR) is 99.6 cm³/mol. The zero-order valence-corrected chi connectivity index (χ0v) is 15.2. The normalized spacial score (nSPS) is 15.6. The van der Waals surface area contributed by atoms with Gasteiger partial charge in [-0.15, -0.1) is 0 Å². The number of hydrogen-bond donors (Lipinski definition) is 2. The molecular weight excluding hydrogens is 385 g/mol. The van der Waals surface area contributed by atoms with Crippen LogP contribution in [0.1, 0.15) is 18.0 Å². The average molecular weight is 400 g/mol. The average Bonchev–Trinajstić information content (AvgIpc) is 3.05. The summed E-state index contributed by atoms with van der Waals surface area (Å²) in [6.45, 7) is 1.76. The van der Waals surface area contributed by atoms with E-state index >= 15 is 0 Å². The number of nitrogens with one attached hydrogen (secondary N) is 2. The van der Waals surface area contributed by atoms with Crippen LogP contribution in [0.15, 0.2) is 42.5 Å². The first kappa shape index (κ1) is 18.7. The summed E-state index contributed by atoms with van der Waals surface area (Å²) >= 11 is 0. The molecule has 4 rings (SSSR count). The largest absolute Gasteiger partial charge is 0.322 e. The first-order valence-electron chi connectivity index (χ1n) is 8.75. The fraction of sp³-hybridized carbons (Fsp3) is 0.150. The molecule has 3 aromatic rings. The molecule has 2 amide bonds. The van der Waals surface area contributed by atoms with Crippen molar-refractivity contribution in [1.29, 1.82) is 0 Å². The number of hydrogen-bond acceptors (Lipinski definition) is 3. The maximum atomic E-state index is 13.9. The standard InChI is InChI=1S/C20H15F3N4O2/c1-10-18(11-5-3-2-4-6-11)26-27-14(9-15(28)25-19(10)27)20(29)24-13-8-7-12(21)16(22)17(13)23/h2-8,14H,9H2,1H3,(H,24,29)(H,25,28). The van der Waals surface area contributed by atoms with Gasteiger partial charge in [0.1, 0.15) is 11.9 Å². The number of fused-ring (bicyclic) bond motifs is 1. The number of benzene rings is 2. The van der Waals surface area contributed by atoms with E-state index in [0.717, 1.165) is 11.6 Å². The highest BCUT2D eigenvalue weighted by molar-refractivity contribution is 6.02. The quantitative estimate of drug-likeness (QED) is 0.657. The molecule has 29 heavy (non-hydrogen) atoms. The lowest BCUT2D eigenvalue weighted by Crippen LogP contribution is -2.36. The molecule has 0 aliphatic carbocycles. The van der Waals surface area contributed by atoms with E-state index in [-0.39, 0.29) is 6.42 Å². The van der Waals surface area contributed by atoms with E-state index in [9.17, 15) is 22.8 Å². The van der Waals surface area contributed by atoms with Gasteiger partial charge in [-0.1, -0.05) is 30.3 Å². The Labute approximate surface area is 163 Å². The third-order valence-electron chi connectivity index (χ3n) is 4.72. The van der Waals surface area contributed by atoms with Crippen molar-refractivity contribution >= 4 is 23.3 Å². The van der Waals surface area contributed by atoms with Crippen molar-refractivity contribution < 1.29 is 22.8 Å². The molecule has 1 unspecified atom stereocenters. The van der Waals surface area contributed by atoms with Crippen molar-refractivity contribution in [2.24, 2.45) is 0 Å². The summed E-state index contributed by atoms with van der Waals surface area (Å²) in [5.74, 6) is -5.40. The fourth-order valence-electron chi connectivity index (χ4n) is 3.25. The van der Waals surface area contributed by atoms with Gasteiger partial charge in [0.05, 0.1) is 17.8 Å². The van der Waals surface area contributed by atoms with Crippen LogP contribution in [0.5, 0.6) is 0 Å². The van der Waals surface area contributed by atoms with E-state index in [0.29, 0.717) is 23.1 Å². The van der Waals surface area contributed by atoms with Crippen LogP contribution in [0, 0.1) is 24.4 Å². The number of amides is 2. The summed E-state index contributed by atoms with van der Waals surface area (Å²) in [7, 11) is 0. The van der Waals surface area contributed by atoms with Gasteiger partial charge in [0.2, 0.25) is 11.8 Å². The van der Waals surface area contributed by atoms with E-state index in [4.69, 9.17) is 0 Å². The molecule has 1 aromatic heterocycles. The summed E-state index contributed by atoms with van der Waals surface area (Å²) in [5.41, 5.74) is 1.53. The molecule has 0 spiro atoms. The van der Waals surface area contributed by atoms with E-state index < -0.39 is 41.0 Å². The molecule has 2 aromatic carbocycles. The first-order chi connectivity index (χ1) is 13.9. The summed E-state index contributed by atoms with van der Waals surface area (Å²) in [5, 5.41) is 9.38. The van der Waals surface area contributed by atoms with Crippen molar-refractivity contribution in [1.82, 2.24) is 9.78 Å². The highest BCUT2D eigenvalue weighted by Gasteiger charge is 2.34. The smallest absolute Gasteiger partial charge is 0.249 e. The van der Waals surface area contributed by atoms with Crippen LogP contribution in [0.3, 0.4) is 0 Å². The van der Waals surface area contributed by atoms with Crippen molar-refractivity contribution in [3.8, 4) is 11.3 Å². The molecule has 1 aliphatic rings. The second-order valence-electron chi connectivity index (χ2n) is 6.61. The molecule has 0 radical (unpaired) electrons. The Morgan fingerprint density at radius 2 is 1.86 bits per heavy atom. The number of carbonyl (C=O) groups is 2. The number of rotatable bonds is 3. The van der Waals surface area contributed by atoms with E-state index in [1.807, 2.05) is 30.3 Å². The molecule has 148 valence electrons. The van der Waals surface area contributed by atoms with Crippen LogP contribution in [0.4, 0.5) is 24.7 Å². The van der Waals surface area contributed by atoms with E-state index in [1.165, 1.54) is 4.68 Å². The number of nitrogens with zero attached hydrogens (tertiary/aromatic N) is 2. The Balaban J connectivity index is 1.71. The molecule has 0 saturated carbocycles. The molecule has 1 atom stereocenters. The van der Waals surface area contributed by atoms with E-state index in [2.05, 4.69) is 15.7 Å². The topological polar surface area (TPSA) is 76.0 Å². The third-order valence-corrected chi connectivity index (χ3v) is 4.72. The van der Waals surface area contributed by atoms with Gasteiger partial charge in [0.15, 0.2) is 17.5 Å². The highest BCUT2D eigenvalue weighted by Crippen LogP contribution is 2.34. The van der Waals surface area contributed by atoms with Crippen molar-refractivity contribution in [2.45, 2.75) is 19.4 Å². The highest BCUT2D eigenvalue weighted by atomic mass is 19.2. The summed E-state index contributed by atoms with van der Waals surface area (Å²) < 4.78 is 41.8. The maximum Gasteiger partial charge on any atom is 0.249 e. The van der Waals surface area contributed by atoms with Crippen LogP contribution in [-0.2, 0) is 9.59 Å². The van der Waals surface area contributed by atoms with Crippen LogP contribution in [0.25, 0.3) is 11.3 Å². The van der Waals surface area contributed by atoms with Gasteiger partial charge in [-0.05, 0) is 19.1 Å². The Bertz CT molecular complexity index is 1130. The first-order valence-corrected chi connectivity index (χ1v) is 8.75. The van der Waals surface area contributed by atoms with Crippen molar-refractivity contribution in [3.63, 3.8) is 0 Å². The van der Waals surface area contributed by atoms with Crippen LogP contribution in [-0.4, -0.2) is 21.6 Å². The molecule has 0 saturated heterocycles. The second-order valence-corrected chi connectivity index (χ2v) is 6.61. The Hall–Kier alpha value is -3.62. The minimum atomic E-state index is -1.69. The summed E-state index contributed by atoms with van der Waals surface area (Å²) in [4.78, 5) is 24.9. The Morgan fingerprint density at radius 3 is 2.59 bits per heavy atom. The maximum absolute atomic E-state index is 13.9. The lowest BCUT2D eigenvalue weighted by molar-refractivity contribution is -0.125. The minimum absolute atomic E-state index is 0.237. The molecule has 0 fully saturated rings. The Kier molecular flexibility index (Phi) is 4.57. The number of aromatic nitrogens is 2. The second kappa shape index (κ2) is 7.08. The lowest BCUT2D eigenvalue weighted by Gasteiger charge is -2.24. The molecule has 9 heteroatoms. The fourth-order valence-corrected chi connectivity index (χ4v) is 3.25. The van der Waals surface area contributed by atoms with Gasteiger partial charge < -0.3 is 10.6 Å². The molecule has 0 bridgehead atoms.